The van der Waals surface area contributed by atoms with E-state index >= 15 is 0 Å². The van der Waals surface area contributed by atoms with Crippen LogP contribution in [0.5, 0.6) is 0 Å². The van der Waals surface area contributed by atoms with E-state index in [0.29, 0.717) is 32.1 Å². The topological polar surface area (TPSA) is 345 Å². The van der Waals surface area contributed by atoms with Crippen LogP contribution in [0.4, 0.5) is 0 Å². The summed E-state index contributed by atoms with van der Waals surface area (Å²) in [6, 6.07) is -9.80. The van der Waals surface area contributed by atoms with Crippen LogP contribution in [0.3, 0.4) is 0 Å². The molecule has 0 unspecified atom stereocenters. The van der Waals surface area contributed by atoms with Crippen LogP contribution >= 0.6 is 25.3 Å². The minimum Gasteiger partial charge on any atom is -0.480 e. The molecule has 322 valence electrons. The van der Waals surface area contributed by atoms with Crippen LogP contribution in [0.2, 0.25) is 0 Å². The molecule has 24 heteroatoms. The lowest BCUT2D eigenvalue weighted by Crippen LogP contribution is -2.60. The summed E-state index contributed by atoms with van der Waals surface area (Å²) in [6.45, 7) is -0.211. The molecule has 0 spiro atoms. The Kier molecular flexibility index (Phi) is 21.0. The first kappa shape index (κ1) is 48.9. The van der Waals surface area contributed by atoms with Crippen LogP contribution in [0.25, 0.3) is 0 Å². The van der Waals surface area contributed by atoms with Gasteiger partial charge >= 0.3 is 5.97 Å². The monoisotopic (exact) mass is 848 g/mol. The second-order valence-electron chi connectivity index (χ2n) is 13.6. The van der Waals surface area contributed by atoms with E-state index < -0.39 is 121 Å². The van der Waals surface area contributed by atoms with E-state index in [1.54, 1.807) is 0 Å². The molecule has 2 fully saturated rings. The van der Waals surface area contributed by atoms with E-state index in [9.17, 15) is 58.5 Å². The fourth-order valence-corrected chi connectivity index (χ4v) is 6.57. The molecule has 22 nitrogen and oxygen atoms in total. The van der Waals surface area contributed by atoms with Crippen LogP contribution in [0.15, 0.2) is 0 Å². The maximum Gasteiger partial charge on any atom is 0.327 e. The van der Waals surface area contributed by atoms with Crippen LogP contribution < -0.4 is 43.4 Å². The van der Waals surface area contributed by atoms with Crippen molar-refractivity contribution in [2.75, 3.05) is 50.9 Å². The number of nitrogens with two attached hydrogens (primary N) is 2. The second-order valence-corrected chi connectivity index (χ2v) is 14.3. The highest BCUT2D eigenvalue weighted by Gasteiger charge is 2.39. The lowest BCUT2D eigenvalue weighted by molar-refractivity contribution is -0.142. The molecule has 0 aliphatic carbocycles. The van der Waals surface area contributed by atoms with E-state index in [1.165, 1.54) is 16.7 Å². The van der Waals surface area contributed by atoms with Gasteiger partial charge in [0.1, 0.15) is 42.3 Å². The van der Waals surface area contributed by atoms with Gasteiger partial charge < -0.3 is 68.5 Å². The number of nitrogens with zero attached hydrogens (tertiary/aromatic N) is 2. The first-order valence-electron chi connectivity index (χ1n) is 18.6. The largest absolute Gasteiger partial charge is 0.480 e. The number of carboxylic acid groups (broad SMARTS) is 1. The molecule has 0 saturated carbocycles. The van der Waals surface area contributed by atoms with Gasteiger partial charge in [0.2, 0.25) is 47.3 Å². The number of hydrogen-bond donors (Lipinski definition) is 13. The number of carboxylic acids is 1. The Morgan fingerprint density at radius 2 is 1.23 bits per heavy atom. The van der Waals surface area contributed by atoms with E-state index in [1.807, 2.05) is 0 Å². The number of aliphatic hydroxyl groups excluding tert-OH is 2. The van der Waals surface area contributed by atoms with Crippen molar-refractivity contribution in [3.8, 4) is 0 Å². The van der Waals surface area contributed by atoms with Crippen molar-refractivity contribution in [3.05, 3.63) is 0 Å². The average molecular weight is 849 g/mol. The van der Waals surface area contributed by atoms with Gasteiger partial charge in [0.25, 0.3) is 0 Å². The minimum absolute atomic E-state index is 0.000856. The molecular formula is C33H56N10O12S2. The van der Waals surface area contributed by atoms with Gasteiger partial charge in [-0.05, 0) is 58.4 Å². The van der Waals surface area contributed by atoms with Crippen molar-refractivity contribution in [3.63, 3.8) is 0 Å². The van der Waals surface area contributed by atoms with Gasteiger partial charge in [0.05, 0.1) is 25.8 Å². The van der Waals surface area contributed by atoms with Gasteiger partial charge in [-0.3, -0.25) is 38.4 Å². The van der Waals surface area contributed by atoms with Crippen LogP contribution in [-0.4, -0.2) is 178 Å². The number of nitrogens with one attached hydrogen (secondary N) is 6. The van der Waals surface area contributed by atoms with Crippen LogP contribution in [0, 0.1) is 0 Å². The number of rotatable bonds is 23. The Bertz CT molecular complexity index is 1460. The number of carbonyl (C=O) groups excluding carboxylic acids is 8. The normalized spacial score (nSPS) is 19.6. The van der Waals surface area contributed by atoms with Crippen LogP contribution in [0.1, 0.15) is 51.9 Å². The Hall–Kier alpha value is -4.23. The first-order valence-corrected chi connectivity index (χ1v) is 19.8. The zero-order valence-electron chi connectivity index (χ0n) is 31.7. The number of unbranched alkanes of at least 4 members (excludes halogenated alkanes) is 1. The smallest absolute Gasteiger partial charge is 0.327 e. The van der Waals surface area contributed by atoms with Gasteiger partial charge in [0, 0.05) is 24.6 Å². The number of aliphatic hydroxyl groups is 2. The van der Waals surface area contributed by atoms with E-state index in [-0.39, 0.29) is 44.0 Å². The zero-order chi connectivity index (χ0) is 42.8. The summed E-state index contributed by atoms with van der Waals surface area (Å²) in [5.74, 6) is -7.62. The number of thiol groups is 2. The van der Waals surface area contributed by atoms with Crippen molar-refractivity contribution in [2.24, 2.45) is 11.5 Å². The number of hydrogen-bond acceptors (Lipinski definition) is 15. The van der Waals surface area contributed by atoms with Gasteiger partial charge in [-0.2, -0.15) is 25.3 Å². The summed E-state index contributed by atoms with van der Waals surface area (Å²) < 4.78 is 0. The fourth-order valence-electron chi connectivity index (χ4n) is 6.16. The molecule has 0 bridgehead atoms. The summed E-state index contributed by atoms with van der Waals surface area (Å²) in [7, 11) is 0. The van der Waals surface area contributed by atoms with E-state index in [4.69, 9.17) is 11.5 Å². The van der Waals surface area contributed by atoms with E-state index in [2.05, 4.69) is 57.2 Å². The zero-order valence-corrected chi connectivity index (χ0v) is 33.5. The quantitative estimate of drug-likeness (QED) is 0.0336. The number of likely N-dealkylation sites (tertiary alicyclic amines) is 2. The molecule has 57 heavy (non-hydrogen) atoms. The summed E-state index contributed by atoms with van der Waals surface area (Å²) in [5, 5.41) is 43.2. The molecule has 8 atom stereocenters. The molecule has 0 aromatic heterocycles. The lowest BCUT2D eigenvalue weighted by atomic mass is 10.1. The van der Waals surface area contributed by atoms with Crippen molar-refractivity contribution >= 4 is 78.5 Å². The fraction of sp³-hybridized carbons (Fsp3) is 0.727. The standard InChI is InChI=1S/C33H56N10O12S2/c1-17(37-26(47)18(35)15-56)32(53)43-11-5-7-23(43)30(51)36-12-25(46)42-10-4-8-24(42)31(52)40-21(14-45)28(49)38-19(6-2-3-9-34)27(48)39-20(13-44)29(50)41-22(16-57)33(54)55/h17-24,44-45,56-57H,2-16,34-35H2,1H3,(H,36,51)(H,37,47)(H,38,49)(H,39,48)(H,40,52)(H,41,50)(H,54,55)/t17-,18-,19-,20-,21-,22-,23-,24-/m0/s1. The van der Waals surface area contributed by atoms with Crippen LogP contribution in [-0.2, 0) is 43.2 Å². The third-order valence-electron chi connectivity index (χ3n) is 9.40. The van der Waals surface area contributed by atoms with E-state index in [0.717, 1.165) is 0 Å². The second kappa shape index (κ2) is 24.5. The molecule has 0 aromatic rings. The molecule has 13 N–H and O–H groups in total. The molecule has 2 aliphatic rings. The Balaban J connectivity index is 2.03. The predicted molar refractivity (Wildman–Crippen MR) is 208 cm³/mol. The third kappa shape index (κ3) is 14.6. The Labute approximate surface area is 340 Å². The maximum atomic E-state index is 13.4. The minimum atomic E-state index is -1.59. The summed E-state index contributed by atoms with van der Waals surface area (Å²) in [4.78, 5) is 118. The number of aliphatic carboxylic acids is 1. The summed E-state index contributed by atoms with van der Waals surface area (Å²) in [6.07, 6.45) is 2.20. The molecule has 2 heterocycles. The SMILES string of the molecule is C[C@H](NC(=O)[C@@H](N)CS)C(=O)N1CCC[C@H]1C(=O)NCC(=O)N1CCC[C@H]1C(=O)N[C@@H](CO)C(=O)N[C@@H](CCCCN)C(=O)N[C@@H](CO)C(=O)N[C@@H](CS)C(=O)O. The average Bonchev–Trinajstić information content (AvgIpc) is 3.89. The van der Waals surface area contributed by atoms with Gasteiger partial charge in [0.15, 0.2) is 0 Å². The van der Waals surface area contributed by atoms with Crippen molar-refractivity contribution in [1.29, 1.82) is 0 Å². The van der Waals surface area contributed by atoms with Crippen molar-refractivity contribution in [1.82, 2.24) is 41.7 Å². The van der Waals surface area contributed by atoms with Gasteiger partial charge in [-0.15, -0.1) is 0 Å². The molecule has 0 aromatic carbocycles. The Morgan fingerprint density at radius 1 is 0.702 bits per heavy atom. The molecular weight excluding hydrogens is 793 g/mol. The number of carbonyl (C=O) groups is 9. The summed E-state index contributed by atoms with van der Waals surface area (Å²) >= 11 is 7.83. The van der Waals surface area contributed by atoms with Gasteiger partial charge in [-0.1, -0.05) is 0 Å². The highest BCUT2D eigenvalue weighted by Crippen LogP contribution is 2.20. The first-order chi connectivity index (χ1) is 27.0. The molecule has 0 radical (unpaired) electrons. The molecule has 2 saturated heterocycles. The molecule has 8 amide bonds. The van der Waals surface area contributed by atoms with Crippen molar-refractivity contribution < 1.29 is 58.5 Å². The summed E-state index contributed by atoms with van der Waals surface area (Å²) in [5.41, 5.74) is 11.2. The Morgan fingerprint density at radius 3 is 1.77 bits per heavy atom. The number of amides is 8. The van der Waals surface area contributed by atoms with Crippen molar-refractivity contribution in [2.45, 2.75) is 100 Å². The maximum absolute atomic E-state index is 13.4. The van der Waals surface area contributed by atoms with Gasteiger partial charge in [-0.25, -0.2) is 4.79 Å². The predicted octanol–water partition coefficient (Wildman–Crippen LogP) is -6.09. The highest BCUT2D eigenvalue weighted by molar-refractivity contribution is 7.80. The highest BCUT2D eigenvalue weighted by atomic mass is 32.1. The lowest BCUT2D eigenvalue weighted by Gasteiger charge is -2.29. The third-order valence-corrected chi connectivity index (χ3v) is 10.2. The molecule has 2 rings (SSSR count). The molecule has 2 aliphatic heterocycles.